The van der Waals surface area contributed by atoms with E-state index in [4.69, 9.17) is 0 Å². The van der Waals surface area contributed by atoms with E-state index in [0.717, 1.165) is 6.08 Å². The van der Waals surface area contributed by atoms with E-state index in [2.05, 4.69) is 4.98 Å². The van der Waals surface area contributed by atoms with E-state index in [0.29, 0.717) is 22.4 Å². The summed E-state index contributed by atoms with van der Waals surface area (Å²) in [5, 5.41) is 1.77. The monoisotopic (exact) mass is 260 g/mol. The number of allylic oxidation sites excluding steroid dienone is 1. The summed E-state index contributed by atoms with van der Waals surface area (Å²) in [5.41, 5.74) is 1.07. The molecule has 0 bridgehead atoms. The van der Waals surface area contributed by atoms with Crippen molar-refractivity contribution in [2.75, 3.05) is 0 Å². The minimum Gasteiger partial charge on any atom is -0.291 e. The minimum atomic E-state index is -4.83. The van der Waals surface area contributed by atoms with Gasteiger partial charge < -0.3 is 0 Å². The van der Waals surface area contributed by atoms with Crippen LogP contribution in [0.1, 0.15) is 11.4 Å². The topological polar surface area (TPSA) is 34.4 Å². The average Bonchev–Trinajstić information content (AvgIpc) is 2.74. The molecule has 0 aliphatic heterocycles. The zero-order valence-corrected chi connectivity index (χ0v) is 9.47. The molecule has 0 N–H and O–H groups in total. The molecule has 0 saturated carbocycles. The van der Waals surface area contributed by atoms with Crippen molar-refractivity contribution in [1.29, 1.82) is 0 Å². The molecule has 0 unspecified atom stereocenters. The number of rotatable bonds is 2. The van der Waals surface area contributed by atoms with Crippen LogP contribution in [0.2, 0.25) is 0 Å². The molecule has 0 aliphatic rings. The molecule has 0 amide bonds. The fourth-order valence-corrected chi connectivity index (χ4v) is 2.13. The summed E-state index contributed by atoms with van der Waals surface area (Å²) in [5.74, 6) is -1.87. The SMILES string of the molecule is Cc1nc2sccn2c1C=CC(=O)C(F)(F)F. The highest BCUT2D eigenvalue weighted by atomic mass is 32.1. The van der Waals surface area contributed by atoms with E-state index in [1.54, 1.807) is 22.9 Å². The summed E-state index contributed by atoms with van der Waals surface area (Å²) in [6.07, 6.45) is -1.48. The number of alkyl halides is 3. The Hall–Kier alpha value is -1.63. The summed E-state index contributed by atoms with van der Waals surface area (Å²) >= 11 is 1.37. The molecule has 0 atom stereocenters. The third-order valence-corrected chi connectivity index (χ3v) is 2.91. The number of carbonyl (C=O) groups excluding carboxylic acids is 1. The highest BCUT2D eigenvalue weighted by Crippen LogP contribution is 2.20. The zero-order chi connectivity index (χ0) is 12.6. The Morgan fingerprint density at radius 2 is 2.24 bits per heavy atom. The number of nitrogens with zero attached hydrogens (tertiary/aromatic N) is 2. The van der Waals surface area contributed by atoms with Gasteiger partial charge in [0.15, 0.2) is 4.96 Å². The Morgan fingerprint density at radius 1 is 1.53 bits per heavy atom. The maximum absolute atomic E-state index is 12.0. The van der Waals surface area contributed by atoms with Crippen molar-refractivity contribution < 1.29 is 18.0 Å². The van der Waals surface area contributed by atoms with Crippen molar-refractivity contribution in [1.82, 2.24) is 9.38 Å². The molecule has 3 nitrogen and oxygen atoms in total. The van der Waals surface area contributed by atoms with Gasteiger partial charge in [-0.15, -0.1) is 11.3 Å². The van der Waals surface area contributed by atoms with E-state index in [-0.39, 0.29) is 0 Å². The Bertz CT molecular complexity index is 594. The lowest BCUT2D eigenvalue weighted by molar-refractivity contribution is -0.165. The minimum absolute atomic E-state index is 0.485. The van der Waals surface area contributed by atoms with Crippen molar-refractivity contribution >= 4 is 28.2 Å². The Balaban J connectivity index is 2.35. The first-order chi connectivity index (χ1) is 7.89. The number of aromatic nitrogens is 2. The van der Waals surface area contributed by atoms with Gasteiger partial charge >= 0.3 is 6.18 Å². The second-order valence-corrected chi connectivity index (χ2v) is 4.21. The number of hydrogen-bond acceptors (Lipinski definition) is 3. The molecule has 0 aliphatic carbocycles. The van der Waals surface area contributed by atoms with E-state index < -0.39 is 12.0 Å². The van der Waals surface area contributed by atoms with Crippen molar-refractivity contribution in [3.05, 3.63) is 29.0 Å². The zero-order valence-electron chi connectivity index (χ0n) is 8.65. The lowest BCUT2D eigenvalue weighted by Crippen LogP contribution is -2.19. The first-order valence-electron chi connectivity index (χ1n) is 4.61. The molecule has 2 heterocycles. The van der Waals surface area contributed by atoms with Crippen LogP contribution in [-0.2, 0) is 4.79 Å². The largest absolute Gasteiger partial charge is 0.454 e. The lowest BCUT2D eigenvalue weighted by atomic mass is 10.2. The van der Waals surface area contributed by atoms with Crippen molar-refractivity contribution in [2.24, 2.45) is 0 Å². The normalized spacial score (nSPS) is 12.7. The maximum Gasteiger partial charge on any atom is 0.454 e. The Morgan fingerprint density at radius 3 is 2.88 bits per heavy atom. The maximum atomic E-state index is 12.0. The van der Waals surface area contributed by atoms with Gasteiger partial charge in [-0.25, -0.2) is 4.98 Å². The lowest BCUT2D eigenvalue weighted by Gasteiger charge is -1.99. The van der Waals surface area contributed by atoms with Crippen LogP contribution in [0.3, 0.4) is 0 Å². The van der Waals surface area contributed by atoms with Crippen LogP contribution in [0, 0.1) is 6.92 Å². The number of halogens is 3. The predicted octanol–water partition coefficient (Wildman–Crippen LogP) is 2.85. The molecule has 2 aromatic rings. The summed E-state index contributed by atoms with van der Waals surface area (Å²) in [4.78, 5) is 15.5. The second kappa shape index (κ2) is 3.99. The molecule has 0 radical (unpaired) electrons. The highest BCUT2D eigenvalue weighted by Gasteiger charge is 2.36. The fourth-order valence-electron chi connectivity index (χ4n) is 1.36. The van der Waals surface area contributed by atoms with E-state index >= 15 is 0 Å². The number of ketones is 1. The Labute approximate surface area is 98.2 Å². The van der Waals surface area contributed by atoms with Crippen LogP contribution in [0.25, 0.3) is 11.0 Å². The molecule has 0 saturated heterocycles. The Kier molecular flexibility index (Phi) is 2.78. The predicted molar refractivity (Wildman–Crippen MR) is 57.9 cm³/mol. The van der Waals surface area contributed by atoms with Gasteiger partial charge in [-0.3, -0.25) is 9.20 Å². The number of carbonyl (C=O) groups is 1. The van der Waals surface area contributed by atoms with Gasteiger partial charge in [-0.05, 0) is 19.1 Å². The number of aryl methyl sites for hydroxylation is 1. The first kappa shape index (κ1) is 11.8. The van der Waals surface area contributed by atoms with Gasteiger partial charge in [0, 0.05) is 11.6 Å². The molecule has 17 heavy (non-hydrogen) atoms. The number of hydrogen-bond donors (Lipinski definition) is 0. The van der Waals surface area contributed by atoms with Gasteiger partial charge in [0.05, 0.1) is 11.4 Å². The average molecular weight is 260 g/mol. The van der Waals surface area contributed by atoms with Crippen LogP contribution in [0.4, 0.5) is 13.2 Å². The molecular weight excluding hydrogens is 253 g/mol. The summed E-state index contributed by atoms with van der Waals surface area (Å²) in [7, 11) is 0. The van der Waals surface area contributed by atoms with Gasteiger partial charge in [0.25, 0.3) is 5.78 Å². The highest BCUT2D eigenvalue weighted by molar-refractivity contribution is 7.15. The summed E-state index contributed by atoms with van der Waals surface area (Å²) in [6.45, 7) is 1.68. The summed E-state index contributed by atoms with van der Waals surface area (Å²) in [6, 6.07) is 0. The van der Waals surface area contributed by atoms with Gasteiger partial charge in [0.1, 0.15) is 0 Å². The van der Waals surface area contributed by atoms with Crippen molar-refractivity contribution in [2.45, 2.75) is 13.1 Å². The van der Waals surface area contributed by atoms with Crippen molar-refractivity contribution in [3.63, 3.8) is 0 Å². The van der Waals surface area contributed by atoms with Gasteiger partial charge in [0.2, 0.25) is 0 Å². The number of thiazole rings is 1. The molecular formula is C10H7F3N2OS. The van der Waals surface area contributed by atoms with Crippen molar-refractivity contribution in [3.8, 4) is 0 Å². The standard InChI is InChI=1S/C10H7F3N2OS/c1-6-7(2-3-8(16)10(11,12)13)15-4-5-17-9(15)14-6/h2-5H,1H3. The number of fused-ring (bicyclic) bond motifs is 1. The van der Waals surface area contributed by atoms with E-state index in [1.807, 2.05) is 0 Å². The second-order valence-electron chi connectivity index (χ2n) is 3.33. The third-order valence-electron chi connectivity index (χ3n) is 2.16. The molecule has 7 heteroatoms. The van der Waals surface area contributed by atoms with Gasteiger partial charge in [-0.1, -0.05) is 0 Å². The molecule has 90 valence electrons. The smallest absolute Gasteiger partial charge is 0.291 e. The molecule has 0 spiro atoms. The quantitative estimate of drug-likeness (QED) is 0.778. The molecule has 0 aromatic carbocycles. The van der Waals surface area contributed by atoms with E-state index in [9.17, 15) is 18.0 Å². The molecule has 2 rings (SSSR count). The summed E-state index contributed by atoms with van der Waals surface area (Å²) < 4.78 is 37.7. The fraction of sp³-hybridized carbons (Fsp3) is 0.200. The van der Waals surface area contributed by atoms with E-state index in [1.165, 1.54) is 11.3 Å². The van der Waals surface area contributed by atoms with Crippen LogP contribution in [-0.4, -0.2) is 21.3 Å². The molecule has 0 fully saturated rings. The van der Waals surface area contributed by atoms with Crippen LogP contribution in [0.5, 0.6) is 0 Å². The third kappa shape index (κ3) is 2.23. The number of imidazole rings is 1. The van der Waals surface area contributed by atoms with Crippen LogP contribution in [0.15, 0.2) is 17.7 Å². The van der Waals surface area contributed by atoms with Crippen LogP contribution < -0.4 is 0 Å². The van der Waals surface area contributed by atoms with Gasteiger partial charge in [-0.2, -0.15) is 13.2 Å². The van der Waals surface area contributed by atoms with Crippen LogP contribution >= 0.6 is 11.3 Å². The first-order valence-corrected chi connectivity index (χ1v) is 5.49. The molecule has 2 aromatic heterocycles.